The van der Waals surface area contributed by atoms with Gasteiger partial charge in [0.2, 0.25) is 0 Å². The molecule has 1 aromatic rings. The Kier molecular flexibility index (Phi) is 6.35. The largest absolute Gasteiger partial charge is 0.439 e. The number of piperidine rings is 1. The predicted octanol–water partition coefficient (Wildman–Crippen LogP) is 4.47. The van der Waals surface area contributed by atoms with Crippen molar-refractivity contribution in [3.63, 3.8) is 0 Å². The molecule has 0 spiro atoms. The van der Waals surface area contributed by atoms with Crippen LogP contribution in [-0.4, -0.2) is 48.1 Å². The number of amides is 1. The van der Waals surface area contributed by atoms with Gasteiger partial charge in [-0.2, -0.15) is 0 Å². The lowest BCUT2D eigenvalue weighted by Gasteiger charge is -2.29. The lowest BCUT2D eigenvalue weighted by Crippen LogP contribution is -2.38. The van der Waals surface area contributed by atoms with Crippen molar-refractivity contribution >= 4 is 6.09 Å². The van der Waals surface area contributed by atoms with Crippen molar-refractivity contribution in [2.75, 3.05) is 26.2 Å². The number of carbonyl (C=O) groups excluding carboxylic acids is 1. The maximum Gasteiger partial charge on any atom is 0.410 e. The zero-order valence-electron chi connectivity index (χ0n) is 15.7. The van der Waals surface area contributed by atoms with Crippen LogP contribution in [0.3, 0.4) is 0 Å². The molecule has 2 saturated heterocycles. The number of ether oxygens (including phenoxy) is 1. The van der Waals surface area contributed by atoms with Crippen molar-refractivity contribution in [3.05, 3.63) is 35.9 Å². The number of likely N-dealkylation sites (tertiary alicyclic amines) is 1. The minimum atomic E-state index is -0.141. The first kappa shape index (κ1) is 18.2. The van der Waals surface area contributed by atoms with Crippen molar-refractivity contribution < 1.29 is 9.53 Å². The topological polar surface area (TPSA) is 32.8 Å². The molecule has 1 amide bonds. The lowest BCUT2D eigenvalue weighted by molar-refractivity contribution is 0.128. The highest BCUT2D eigenvalue weighted by Gasteiger charge is 2.42. The zero-order chi connectivity index (χ0) is 17.6. The monoisotopic (exact) mass is 344 g/mol. The summed E-state index contributed by atoms with van der Waals surface area (Å²) in [5.41, 5.74) is 1.11. The van der Waals surface area contributed by atoms with Gasteiger partial charge in [0.15, 0.2) is 0 Å². The van der Waals surface area contributed by atoms with E-state index in [9.17, 15) is 4.79 Å². The summed E-state index contributed by atoms with van der Waals surface area (Å²) in [6, 6.07) is 10.3. The van der Waals surface area contributed by atoms with E-state index in [2.05, 4.69) is 30.9 Å². The summed E-state index contributed by atoms with van der Waals surface area (Å²) in [4.78, 5) is 17.0. The van der Waals surface area contributed by atoms with Gasteiger partial charge in [-0.05, 0) is 56.8 Å². The van der Waals surface area contributed by atoms with E-state index in [0.29, 0.717) is 5.92 Å². The summed E-state index contributed by atoms with van der Waals surface area (Å²) in [5, 5.41) is 0. The van der Waals surface area contributed by atoms with Crippen LogP contribution in [0.2, 0.25) is 0 Å². The fraction of sp³-hybridized carbons (Fsp3) is 0.667. The van der Waals surface area contributed by atoms with Gasteiger partial charge in [0.05, 0.1) is 6.04 Å². The molecule has 0 saturated carbocycles. The third kappa shape index (κ3) is 4.75. The van der Waals surface area contributed by atoms with E-state index >= 15 is 0 Å². The summed E-state index contributed by atoms with van der Waals surface area (Å²) in [7, 11) is 0. The second-order valence-electron chi connectivity index (χ2n) is 7.86. The number of rotatable bonds is 7. The van der Waals surface area contributed by atoms with E-state index in [1.165, 1.54) is 32.4 Å². The Morgan fingerprint density at radius 3 is 2.48 bits per heavy atom. The molecule has 0 aromatic heterocycles. The standard InChI is InChI=1S/C21H32N2O2/c1-17(2)16-19-20(18-10-5-3-6-11-18)25-21(24)23(19)15-9-14-22-12-7-4-8-13-22/h3,5-6,10-11,17,19-20H,4,7-9,12-16H2,1-2H3. The van der Waals surface area contributed by atoms with Crippen LogP contribution >= 0.6 is 0 Å². The molecule has 2 heterocycles. The first-order valence-electron chi connectivity index (χ1n) is 9.89. The van der Waals surface area contributed by atoms with Gasteiger partial charge in [0.25, 0.3) is 0 Å². The first-order chi connectivity index (χ1) is 12.1. The Labute approximate surface area is 152 Å². The normalized spacial score (nSPS) is 24.8. The van der Waals surface area contributed by atoms with Gasteiger partial charge in [-0.3, -0.25) is 0 Å². The number of carbonyl (C=O) groups is 1. The summed E-state index contributed by atoms with van der Waals surface area (Å²) in [6.07, 6.45) is 5.74. The molecule has 0 bridgehead atoms. The average Bonchev–Trinajstić information content (AvgIpc) is 2.92. The Hall–Kier alpha value is -1.55. The highest BCUT2D eigenvalue weighted by molar-refractivity contribution is 5.71. The minimum absolute atomic E-state index is 0.133. The van der Waals surface area contributed by atoms with Crippen LogP contribution in [0.5, 0.6) is 0 Å². The molecule has 2 atom stereocenters. The maximum absolute atomic E-state index is 12.5. The third-order valence-electron chi connectivity index (χ3n) is 5.38. The van der Waals surface area contributed by atoms with Crippen molar-refractivity contribution in [1.29, 1.82) is 0 Å². The van der Waals surface area contributed by atoms with E-state index in [4.69, 9.17) is 4.74 Å². The van der Waals surface area contributed by atoms with Crippen molar-refractivity contribution in [2.24, 2.45) is 5.92 Å². The van der Waals surface area contributed by atoms with E-state index in [0.717, 1.165) is 31.5 Å². The smallest absolute Gasteiger partial charge is 0.410 e. The summed E-state index contributed by atoms with van der Waals surface area (Å²) in [5.74, 6) is 0.537. The summed E-state index contributed by atoms with van der Waals surface area (Å²) in [6.45, 7) is 8.76. The van der Waals surface area contributed by atoms with E-state index in [-0.39, 0.29) is 18.2 Å². The molecule has 2 aliphatic rings. The van der Waals surface area contributed by atoms with Gasteiger partial charge >= 0.3 is 6.09 Å². The van der Waals surface area contributed by atoms with E-state index in [1.807, 2.05) is 23.1 Å². The minimum Gasteiger partial charge on any atom is -0.439 e. The quantitative estimate of drug-likeness (QED) is 0.731. The molecule has 0 aliphatic carbocycles. The number of nitrogens with zero attached hydrogens (tertiary/aromatic N) is 2. The van der Waals surface area contributed by atoms with Crippen LogP contribution in [0.25, 0.3) is 0 Å². The number of benzene rings is 1. The fourth-order valence-electron chi connectivity index (χ4n) is 4.13. The maximum atomic E-state index is 12.5. The summed E-state index contributed by atoms with van der Waals surface area (Å²) < 4.78 is 5.79. The second-order valence-corrected chi connectivity index (χ2v) is 7.86. The van der Waals surface area contributed by atoms with Crippen LogP contribution in [0.15, 0.2) is 30.3 Å². The van der Waals surface area contributed by atoms with Crippen LogP contribution in [0.4, 0.5) is 4.79 Å². The molecule has 138 valence electrons. The molecule has 2 unspecified atom stereocenters. The Bertz CT molecular complexity index is 540. The van der Waals surface area contributed by atoms with Gasteiger partial charge in [-0.15, -0.1) is 0 Å². The second kappa shape index (κ2) is 8.70. The predicted molar refractivity (Wildman–Crippen MR) is 101 cm³/mol. The van der Waals surface area contributed by atoms with Crippen LogP contribution in [0, 0.1) is 5.92 Å². The van der Waals surface area contributed by atoms with E-state index in [1.54, 1.807) is 0 Å². The van der Waals surface area contributed by atoms with Gasteiger partial charge in [-0.25, -0.2) is 4.79 Å². The number of cyclic esters (lactones) is 1. The molecule has 0 N–H and O–H groups in total. The molecular formula is C21H32N2O2. The Morgan fingerprint density at radius 2 is 1.80 bits per heavy atom. The highest BCUT2D eigenvalue weighted by Crippen LogP contribution is 2.36. The molecule has 2 aliphatic heterocycles. The van der Waals surface area contributed by atoms with Crippen molar-refractivity contribution in [1.82, 2.24) is 9.80 Å². The van der Waals surface area contributed by atoms with Gasteiger partial charge in [0.1, 0.15) is 6.10 Å². The number of hydrogen-bond acceptors (Lipinski definition) is 3. The molecular weight excluding hydrogens is 312 g/mol. The fourth-order valence-corrected chi connectivity index (χ4v) is 4.13. The van der Waals surface area contributed by atoms with Gasteiger partial charge < -0.3 is 14.5 Å². The van der Waals surface area contributed by atoms with Gasteiger partial charge in [0, 0.05) is 6.54 Å². The number of hydrogen-bond donors (Lipinski definition) is 0. The van der Waals surface area contributed by atoms with Crippen molar-refractivity contribution in [3.8, 4) is 0 Å². The zero-order valence-corrected chi connectivity index (χ0v) is 15.7. The molecule has 4 heteroatoms. The lowest BCUT2D eigenvalue weighted by atomic mass is 9.94. The van der Waals surface area contributed by atoms with Crippen LogP contribution < -0.4 is 0 Å². The van der Waals surface area contributed by atoms with Crippen LogP contribution in [-0.2, 0) is 4.74 Å². The van der Waals surface area contributed by atoms with Gasteiger partial charge in [-0.1, -0.05) is 50.6 Å². The third-order valence-corrected chi connectivity index (χ3v) is 5.38. The molecule has 25 heavy (non-hydrogen) atoms. The van der Waals surface area contributed by atoms with Crippen LogP contribution in [0.1, 0.15) is 57.6 Å². The summed E-state index contributed by atoms with van der Waals surface area (Å²) >= 11 is 0. The SMILES string of the molecule is CC(C)CC1C(c2ccccc2)OC(=O)N1CCCN1CCCCC1. The molecule has 2 fully saturated rings. The van der Waals surface area contributed by atoms with Crippen molar-refractivity contribution in [2.45, 2.75) is 58.1 Å². The highest BCUT2D eigenvalue weighted by atomic mass is 16.6. The molecule has 3 rings (SSSR count). The Morgan fingerprint density at radius 1 is 1.08 bits per heavy atom. The van der Waals surface area contributed by atoms with E-state index < -0.39 is 0 Å². The average molecular weight is 344 g/mol. The first-order valence-corrected chi connectivity index (χ1v) is 9.89. The molecule has 1 aromatic carbocycles. The molecule has 4 nitrogen and oxygen atoms in total. The molecule has 0 radical (unpaired) electrons. The Balaban J connectivity index is 1.62.